The first-order valence-electron chi connectivity index (χ1n) is 13.0. The van der Waals surface area contributed by atoms with Gasteiger partial charge in [0.1, 0.15) is 18.0 Å². The Morgan fingerprint density at radius 1 is 0.884 bits per heavy atom. The van der Waals surface area contributed by atoms with Crippen molar-refractivity contribution in [3.8, 4) is 5.75 Å². The van der Waals surface area contributed by atoms with Crippen LogP contribution >= 0.6 is 23.2 Å². The fourth-order valence-corrected chi connectivity index (χ4v) is 7.71. The van der Waals surface area contributed by atoms with Crippen LogP contribution in [-0.4, -0.2) is 51.7 Å². The Bertz CT molecular complexity index is 1630. The van der Waals surface area contributed by atoms with Gasteiger partial charge in [-0.25, -0.2) is 26.9 Å². The fraction of sp³-hybridized carbons (Fsp3) is 0.357. The summed E-state index contributed by atoms with van der Waals surface area (Å²) in [6, 6.07) is 5.80. The normalized spacial score (nSPS) is 31.4. The number of halogens is 7. The number of benzene rings is 2. The van der Waals surface area contributed by atoms with Crippen molar-refractivity contribution in [1.29, 1.82) is 0 Å². The summed E-state index contributed by atoms with van der Waals surface area (Å²) in [5, 5.41) is 11.3. The maximum atomic E-state index is 15.0. The van der Waals surface area contributed by atoms with Crippen LogP contribution in [0.2, 0.25) is 0 Å². The summed E-state index contributed by atoms with van der Waals surface area (Å²) >= 11 is 14.0. The highest BCUT2D eigenvalue weighted by molar-refractivity contribution is 6.58. The van der Waals surface area contributed by atoms with Crippen LogP contribution in [0.1, 0.15) is 24.3 Å². The summed E-state index contributed by atoms with van der Waals surface area (Å²) in [6.07, 6.45) is 1.06. The SMILES string of the molecule is O=C1NC(=O)[C@H]2CC=C3[C@@H](C[C@@]4(Cl)C(=O)N(c5c(F)c(F)c(F)c(F)c5F)C(=O)[C@@]4(Cl)[C@H]3c3ccc(OCCO)cc3)[C@@H]12. The van der Waals surface area contributed by atoms with Gasteiger partial charge in [-0.1, -0.05) is 23.8 Å². The van der Waals surface area contributed by atoms with Crippen LogP contribution in [0, 0.1) is 46.8 Å². The standard InChI is InChI=1S/C28H19Cl2F5N2O6/c29-27-9-14-12(5-6-13-15(14)24(40)36-23(13)39)16(10-1-3-11(4-2-10)43-8-7-38)28(27,30)26(42)37(25(27)41)22-20(34)18(32)17(31)19(33)21(22)35/h1-5,13-16,38H,6-9H2,(H,36,39,40)/t13-,14+,15-,16-,27+,28-/m0/s1. The van der Waals surface area contributed by atoms with E-state index >= 15 is 0 Å². The van der Waals surface area contributed by atoms with Crippen molar-refractivity contribution >= 4 is 52.5 Å². The second-order valence-corrected chi connectivity index (χ2v) is 11.9. The predicted octanol–water partition coefficient (Wildman–Crippen LogP) is 3.60. The van der Waals surface area contributed by atoms with Crippen molar-refractivity contribution < 1.29 is 51.0 Å². The Hall–Kier alpha value is -3.55. The highest BCUT2D eigenvalue weighted by Gasteiger charge is 2.77. The summed E-state index contributed by atoms with van der Waals surface area (Å²) in [7, 11) is 0. The van der Waals surface area contributed by atoms with Gasteiger partial charge in [-0.2, -0.15) is 0 Å². The van der Waals surface area contributed by atoms with Gasteiger partial charge < -0.3 is 9.84 Å². The van der Waals surface area contributed by atoms with Crippen molar-refractivity contribution in [1.82, 2.24) is 5.32 Å². The highest BCUT2D eigenvalue weighted by atomic mass is 35.5. The van der Waals surface area contributed by atoms with Crippen LogP contribution in [0.4, 0.5) is 27.6 Å². The van der Waals surface area contributed by atoms with Crippen LogP contribution in [0.15, 0.2) is 35.9 Å². The molecule has 0 radical (unpaired) electrons. The van der Waals surface area contributed by atoms with E-state index < -0.39 is 98.2 Å². The number of ether oxygens (including phenoxy) is 1. The Labute approximate surface area is 249 Å². The van der Waals surface area contributed by atoms with Gasteiger partial charge in [-0.15, -0.1) is 23.2 Å². The Morgan fingerprint density at radius 3 is 2.09 bits per heavy atom. The molecule has 4 amide bonds. The number of aliphatic hydroxyl groups is 1. The van der Waals surface area contributed by atoms with Crippen LogP contribution in [-0.2, 0) is 19.2 Å². The van der Waals surface area contributed by atoms with Gasteiger partial charge in [-0.3, -0.25) is 24.5 Å². The number of alkyl halides is 2. The molecule has 4 aliphatic rings. The van der Waals surface area contributed by atoms with E-state index in [0.717, 1.165) is 0 Å². The van der Waals surface area contributed by atoms with E-state index in [1.165, 1.54) is 24.3 Å². The van der Waals surface area contributed by atoms with E-state index in [1.807, 2.05) is 0 Å². The first kappa shape index (κ1) is 29.5. The molecule has 3 fully saturated rings. The molecule has 43 heavy (non-hydrogen) atoms. The fourth-order valence-electron chi connectivity index (χ4n) is 6.77. The van der Waals surface area contributed by atoms with E-state index in [2.05, 4.69) is 5.32 Å². The smallest absolute Gasteiger partial charge is 0.258 e. The number of nitrogens with zero attached hydrogens (tertiary/aromatic N) is 1. The molecule has 6 rings (SSSR count). The average molecular weight is 645 g/mol. The topological polar surface area (TPSA) is 113 Å². The summed E-state index contributed by atoms with van der Waals surface area (Å²) in [4.78, 5) is 48.1. The van der Waals surface area contributed by atoms with E-state index in [9.17, 15) is 41.1 Å². The molecule has 0 aromatic heterocycles. The zero-order chi connectivity index (χ0) is 31.2. The molecule has 0 bridgehead atoms. The van der Waals surface area contributed by atoms with Crippen molar-refractivity contribution in [2.45, 2.75) is 28.5 Å². The highest BCUT2D eigenvalue weighted by Crippen LogP contribution is 2.65. The third-order valence-electron chi connectivity index (χ3n) is 8.64. The number of imide groups is 2. The summed E-state index contributed by atoms with van der Waals surface area (Å²) < 4.78 is 77.6. The first-order valence-corrected chi connectivity index (χ1v) is 13.7. The molecule has 2 aromatic rings. The van der Waals surface area contributed by atoms with Crippen molar-refractivity contribution in [2.75, 3.05) is 18.1 Å². The number of allylic oxidation sites excluding steroid dienone is 2. The molecule has 226 valence electrons. The zero-order valence-corrected chi connectivity index (χ0v) is 23.1. The maximum absolute atomic E-state index is 15.0. The molecular formula is C28H19Cl2F5N2O6. The average Bonchev–Trinajstić information content (AvgIpc) is 3.36. The number of carbonyl (C=O) groups is 4. The second kappa shape index (κ2) is 10.00. The molecule has 0 spiro atoms. The Kier molecular flexibility index (Phi) is 6.86. The van der Waals surface area contributed by atoms with Crippen LogP contribution in [0.3, 0.4) is 0 Å². The Balaban J connectivity index is 1.57. The molecule has 2 heterocycles. The minimum absolute atomic E-state index is 0.0453. The molecule has 2 N–H and O–H groups in total. The number of fused-ring (bicyclic) bond motifs is 4. The van der Waals surface area contributed by atoms with E-state index in [-0.39, 0.29) is 30.1 Å². The number of nitrogens with one attached hydrogen (secondary N) is 1. The first-order chi connectivity index (χ1) is 20.3. The molecule has 1 saturated carbocycles. The van der Waals surface area contributed by atoms with Gasteiger partial charge in [0.15, 0.2) is 33.0 Å². The molecule has 0 unspecified atom stereocenters. The van der Waals surface area contributed by atoms with Gasteiger partial charge in [0.2, 0.25) is 17.6 Å². The summed E-state index contributed by atoms with van der Waals surface area (Å²) in [6.45, 7) is -0.331. The number of rotatable bonds is 5. The van der Waals surface area contributed by atoms with Crippen molar-refractivity contribution in [3.05, 3.63) is 70.6 Å². The second-order valence-electron chi connectivity index (χ2n) is 10.7. The third-order valence-corrected chi connectivity index (χ3v) is 10.1. The third kappa shape index (κ3) is 3.83. The lowest BCUT2D eigenvalue weighted by Crippen LogP contribution is -2.60. The molecule has 2 aliphatic heterocycles. The quantitative estimate of drug-likeness (QED) is 0.128. The minimum Gasteiger partial charge on any atom is -0.491 e. The molecule has 8 nitrogen and oxygen atoms in total. The molecule has 2 saturated heterocycles. The van der Waals surface area contributed by atoms with Crippen LogP contribution in [0.5, 0.6) is 5.75 Å². The summed E-state index contributed by atoms with van der Waals surface area (Å²) in [5.41, 5.74) is -1.27. The van der Waals surface area contributed by atoms with E-state index in [1.54, 1.807) is 6.08 Å². The largest absolute Gasteiger partial charge is 0.491 e. The van der Waals surface area contributed by atoms with Crippen molar-refractivity contribution in [3.63, 3.8) is 0 Å². The van der Waals surface area contributed by atoms with Gasteiger partial charge in [-0.05, 0) is 36.5 Å². The molecule has 6 atom stereocenters. The van der Waals surface area contributed by atoms with Gasteiger partial charge in [0.05, 0.1) is 18.4 Å². The molecule has 15 heteroatoms. The maximum Gasteiger partial charge on any atom is 0.258 e. The zero-order valence-electron chi connectivity index (χ0n) is 21.6. The predicted molar refractivity (Wildman–Crippen MR) is 139 cm³/mol. The van der Waals surface area contributed by atoms with E-state index in [4.69, 9.17) is 33.0 Å². The lowest BCUT2D eigenvalue weighted by Gasteiger charge is -2.50. The lowest BCUT2D eigenvalue weighted by molar-refractivity contribution is -0.127. The number of aliphatic hydroxyl groups excluding tert-OH is 1. The van der Waals surface area contributed by atoms with Gasteiger partial charge in [0.25, 0.3) is 11.8 Å². The monoisotopic (exact) mass is 644 g/mol. The lowest BCUT2D eigenvalue weighted by atomic mass is 9.56. The van der Waals surface area contributed by atoms with Crippen molar-refractivity contribution in [2.24, 2.45) is 17.8 Å². The number of hydrogen-bond acceptors (Lipinski definition) is 6. The minimum atomic E-state index is -2.59. The van der Waals surface area contributed by atoms with Crippen LogP contribution in [0.25, 0.3) is 0 Å². The molecule has 2 aliphatic carbocycles. The van der Waals surface area contributed by atoms with Gasteiger partial charge in [0, 0.05) is 5.92 Å². The number of anilines is 1. The molecular weight excluding hydrogens is 626 g/mol. The number of hydrogen-bond donors (Lipinski definition) is 2. The number of carbonyl (C=O) groups excluding carboxylic acids is 4. The van der Waals surface area contributed by atoms with Crippen LogP contribution < -0.4 is 15.0 Å². The Morgan fingerprint density at radius 2 is 1.49 bits per heavy atom. The molecule has 2 aromatic carbocycles. The van der Waals surface area contributed by atoms with E-state index in [0.29, 0.717) is 11.3 Å². The number of amides is 4. The van der Waals surface area contributed by atoms with Gasteiger partial charge >= 0.3 is 0 Å². The summed E-state index contributed by atoms with van der Waals surface area (Å²) in [5.74, 6) is -20.4.